The monoisotopic (exact) mass is 454 g/mol. The number of fused-ring (bicyclic) bond motifs is 2. The van der Waals surface area contributed by atoms with Crippen molar-refractivity contribution in [3.8, 4) is 11.5 Å². The Hall–Kier alpha value is -2.74. The van der Waals surface area contributed by atoms with E-state index in [2.05, 4.69) is 27.2 Å². The number of anilines is 2. The summed E-state index contributed by atoms with van der Waals surface area (Å²) in [6.07, 6.45) is 0.730. The maximum Gasteiger partial charge on any atom is 0.231 e. The molecule has 0 saturated carbocycles. The largest absolute Gasteiger partial charge is 0.454 e. The molecule has 3 heterocycles. The van der Waals surface area contributed by atoms with Crippen LogP contribution in [0.25, 0.3) is 10.9 Å². The van der Waals surface area contributed by atoms with Crippen molar-refractivity contribution >= 4 is 34.0 Å². The van der Waals surface area contributed by atoms with Crippen LogP contribution in [0.2, 0.25) is 5.02 Å². The molecule has 168 valence electrons. The summed E-state index contributed by atoms with van der Waals surface area (Å²) in [5, 5.41) is 14.3. The van der Waals surface area contributed by atoms with Crippen LogP contribution in [0, 0.1) is 0 Å². The molecule has 0 radical (unpaired) electrons. The number of nitrogens with zero attached hydrogens (tertiary/aromatic N) is 3. The Kier molecular flexibility index (Phi) is 6.21. The molecule has 8 heteroatoms. The summed E-state index contributed by atoms with van der Waals surface area (Å²) < 4.78 is 11.1. The van der Waals surface area contributed by atoms with Gasteiger partial charge in [-0.2, -0.15) is 0 Å². The first-order valence-electron chi connectivity index (χ1n) is 11.0. The fourth-order valence-corrected chi connectivity index (χ4v) is 4.46. The van der Waals surface area contributed by atoms with Gasteiger partial charge in [-0.25, -0.2) is 4.98 Å². The van der Waals surface area contributed by atoms with Crippen molar-refractivity contribution in [1.82, 2.24) is 10.3 Å². The summed E-state index contributed by atoms with van der Waals surface area (Å²) in [4.78, 5) is 9.77. The average molecular weight is 455 g/mol. The van der Waals surface area contributed by atoms with Crippen LogP contribution in [-0.4, -0.2) is 56.2 Å². The van der Waals surface area contributed by atoms with E-state index in [0.717, 1.165) is 83.6 Å². The highest BCUT2D eigenvalue weighted by molar-refractivity contribution is 6.30. The Balaban J connectivity index is 1.40. The standard InChI is InChI=1S/C24H27ClN4O3/c25-19-3-1-4-20(13-19)28-6-8-29(9-7-28)24-18(15-26-5-2-10-30)11-17-12-22-23(32-16-31-22)14-21(17)27-24/h1,3-4,11-14,26,30H,2,5-10,15-16H2. The summed E-state index contributed by atoms with van der Waals surface area (Å²) in [6.45, 7) is 5.44. The van der Waals surface area contributed by atoms with Crippen LogP contribution in [0.3, 0.4) is 0 Å². The van der Waals surface area contributed by atoms with Crippen LogP contribution in [0.4, 0.5) is 11.5 Å². The molecule has 0 bridgehead atoms. The second-order valence-electron chi connectivity index (χ2n) is 8.08. The number of hydrogen-bond donors (Lipinski definition) is 2. The van der Waals surface area contributed by atoms with Gasteiger partial charge in [-0.15, -0.1) is 0 Å². The van der Waals surface area contributed by atoms with Gasteiger partial charge in [0.15, 0.2) is 11.5 Å². The minimum Gasteiger partial charge on any atom is -0.454 e. The average Bonchev–Trinajstić information content (AvgIpc) is 3.27. The zero-order valence-electron chi connectivity index (χ0n) is 17.9. The number of benzene rings is 2. The molecule has 1 aromatic heterocycles. The highest BCUT2D eigenvalue weighted by atomic mass is 35.5. The highest BCUT2D eigenvalue weighted by Gasteiger charge is 2.23. The van der Waals surface area contributed by atoms with Crippen molar-refractivity contribution in [2.75, 3.05) is 55.9 Å². The van der Waals surface area contributed by atoms with E-state index < -0.39 is 0 Å². The number of halogens is 1. The SMILES string of the molecule is OCCCNCc1cc2cc3c(cc2nc1N1CCN(c2cccc(Cl)c2)CC1)OCO3. The summed E-state index contributed by atoms with van der Waals surface area (Å²) in [5.41, 5.74) is 3.20. The molecule has 1 saturated heterocycles. The van der Waals surface area contributed by atoms with E-state index in [9.17, 15) is 0 Å². The first-order valence-corrected chi connectivity index (χ1v) is 11.4. The Labute approximate surface area is 192 Å². The van der Waals surface area contributed by atoms with Crippen LogP contribution < -0.4 is 24.6 Å². The third kappa shape index (κ3) is 4.41. The fourth-order valence-electron chi connectivity index (χ4n) is 4.28. The van der Waals surface area contributed by atoms with E-state index in [1.807, 2.05) is 30.3 Å². The molecular formula is C24H27ClN4O3. The Morgan fingerprint density at radius 3 is 2.56 bits per heavy atom. The number of rotatable bonds is 7. The summed E-state index contributed by atoms with van der Waals surface area (Å²) in [6, 6.07) is 14.2. The minimum atomic E-state index is 0.185. The zero-order chi connectivity index (χ0) is 21.9. The predicted octanol–water partition coefficient (Wildman–Crippen LogP) is 3.42. The molecular weight excluding hydrogens is 428 g/mol. The molecule has 32 heavy (non-hydrogen) atoms. The molecule has 2 aliphatic heterocycles. The van der Waals surface area contributed by atoms with Crippen molar-refractivity contribution in [1.29, 1.82) is 0 Å². The normalized spacial score (nSPS) is 15.6. The molecule has 5 rings (SSSR count). The van der Waals surface area contributed by atoms with Gasteiger partial charge in [0.25, 0.3) is 0 Å². The van der Waals surface area contributed by atoms with Crippen LogP contribution in [0.15, 0.2) is 42.5 Å². The third-order valence-corrected chi connectivity index (χ3v) is 6.18. The number of pyridine rings is 1. The summed E-state index contributed by atoms with van der Waals surface area (Å²) in [5.74, 6) is 2.51. The first kappa shape index (κ1) is 21.1. The maximum absolute atomic E-state index is 9.09. The second kappa shape index (κ2) is 9.40. The molecule has 2 aliphatic rings. The molecule has 0 atom stereocenters. The maximum atomic E-state index is 9.09. The van der Waals surface area contributed by atoms with E-state index in [1.54, 1.807) is 0 Å². The fraction of sp³-hybridized carbons (Fsp3) is 0.375. The Bertz CT molecular complexity index is 1100. The number of aliphatic hydroxyl groups is 1. The number of piperazine rings is 1. The molecule has 7 nitrogen and oxygen atoms in total. The lowest BCUT2D eigenvalue weighted by Crippen LogP contribution is -2.47. The van der Waals surface area contributed by atoms with Gasteiger partial charge in [-0.3, -0.25) is 0 Å². The smallest absolute Gasteiger partial charge is 0.231 e. The molecule has 0 unspecified atom stereocenters. The summed E-state index contributed by atoms with van der Waals surface area (Å²) in [7, 11) is 0. The van der Waals surface area contributed by atoms with Crippen LogP contribution in [0.5, 0.6) is 11.5 Å². The van der Waals surface area contributed by atoms with Gasteiger partial charge >= 0.3 is 0 Å². The Morgan fingerprint density at radius 1 is 1.00 bits per heavy atom. The molecule has 2 aromatic carbocycles. The van der Waals surface area contributed by atoms with E-state index in [4.69, 9.17) is 31.2 Å². The lowest BCUT2D eigenvalue weighted by atomic mass is 10.1. The quantitative estimate of drug-likeness (QED) is 0.530. The summed E-state index contributed by atoms with van der Waals surface area (Å²) >= 11 is 6.19. The van der Waals surface area contributed by atoms with Crippen molar-refractivity contribution < 1.29 is 14.6 Å². The minimum absolute atomic E-state index is 0.185. The Morgan fingerprint density at radius 2 is 1.78 bits per heavy atom. The molecule has 3 aromatic rings. The van der Waals surface area contributed by atoms with Gasteiger partial charge in [0.05, 0.1) is 5.52 Å². The van der Waals surface area contributed by atoms with Crippen LogP contribution in [0.1, 0.15) is 12.0 Å². The molecule has 1 fully saturated rings. The zero-order valence-corrected chi connectivity index (χ0v) is 18.6. The first-order chi connectivity index (χ1) is 15.7. The van der Waals surface area contributed by atoms with Crippen LogP contribution >= 0.6 is 11.6 Å². The molecule has 0 aliphatic carbocycles. The second-order valence-corrected chi connectivity index (χ2v) is 8.51. The van der Waals surface area contributed by atoms with Gasteiger partial charge in [-0.1, -0.05) is 17.7 Å². The molecule has 0 spiro atoms. The third-order valence-electron chi connectivity index (χ3n) is 5.94. The number of hydrogen-bond acceptors (Lipinski definition) is 7. The van der Waals surface area contributed by atoms with E-state index >= 15 is 0 Å². The van der Waals surface area contributed by atoms with E-state index in [0.29, 0.717) is 6.54 Å². The van der Waals surface area contributed by atoms with E-state index in [-0.39, 0.29) is 13.4 Å². The topological polar surface area (TPSA) is 70.1 Å². The van der Waals surface area contributed by atoms with Crippen molar-refractivity contribution in [3.05, 3.63) is 53.1 Å². The number of nitrogens with one attached hydrogen (secondary N) is 1. The number of ether oxygens (including phenoxy) is 2. The van der Waals surface area contributed by atoms with Gasteiger partial charge in [0, 0.05) is 67.1 Å². The van der Waals surface area contributed by atoms with Crippen LogP contribution in [-0.2, 0) is 6.54 Å². The molecule has 0 amide bonds. The van der Waals surface area contributed by atoms with Crippen molar-refractivity contribution in [2.24, 2.45) is 0 Å². The lowest BCUT2D eigenvalue weighted by molar-refractivity contribution is 0.174. The molecule has 2 N–H and O–H groups in total. The van der Waals surface area contributed by atoms with Crippen molar-refractivity contribution in [2.45, 2.75) is 13.0 Å². The lowest BCUT2D eigenvalue weighted by Gasteiger charge is -2.37. The predicted molar refractivity (Wildman–Crippen MR) is 127 cm³/mol. The number of aliphatic hydroxyl groups excluding tert-OH is 1. The highest BCUT2D eigenvalue weighted by Crippen LogP contribution is 2.37. The number of aromatic nitrogens is 1. The van der Waals surface area contributed by atoms with Gasteiger partial charge < -0.3 is 29.7 Å². The van der Waals surface area contributed by atoms with E-state index in [1.165, 1.54) is 0 Å². The van der Waals surface area contributed by atoms with Gasteiger partial charge in [0.1, 0.15) is 5.82 Å². The van der Waals surface area contributed by atoms with Gasteiger partial charge in [-0.05, 0) is 43.3 Å². The van der Waals surface area contributed by atoms with Crippen molar-refractivity contribution in [3.63, 3.8) is 0 Å². The van der Waals surface area contributed by atoms with Gasteiger partial charge in [0.2, 0.25) is 6.79 Å².